The van der Waals surface area contributed by atoms with E-state index in [1.807, 2.05) is 42.5 Å². The zero-order valence-corrected chi connectivity index (χ0v) is 13.6. The van der Waals surface area contributed by atoms with Gasteiger partial charge in [0, 0.05) is 17.8 Å². The van der Waals surface area contributed by atoms with Crippen molar-refractivity contribution in [2.24, 2.45) is 0 Å². The number of hydrogen-bond acceptors (Lipinski definition) is 2. The normalized spacial score (nSPS) is 10.4. The Morgan fingerprint density at radius 1 is 0.917 bits per heavy atom. The molecule has 0 amide bonds. The van der Waals surface area contributed by atoms with Gasteiger partial charge in [0.1, 0.15) is 18.2 Å². The molecule has 0 saturated heterocycles. The lowest BCUT2D eigenvalue weighted by Crippen LogP contribution is -2.04. The van der Waals surface area contributed by atoms with Gasteiger partial charge in [-0.1, -0.05) is 42.5 Å². The van der Waals surface area contributed by atoms with Crippen LogP contribution in [0.5, 0.6) is 5.75 Å². The van der Waals surface area contributed by atoms with Gasteiger partial charge in [0.25, 0.3) is 0 Å². The minimum absolute atomic E-state index is 0.245. The molecule has 0 aliphatic rings. The Morgan fingerprint density at radius 3 is 2.58 bits per heavy atom. The van der Waals surface area contributed by atoms with E-state index in [0.29, 0.717) is 13.2 Å². The molecule has 0 aliphatic carbocycles. The summed E-state index contributed by atoms with van der Waals surface area (Å²) in [4.78, 5) is 0. The predicted octanol–water partition coefficient (Wildman–Crippen LogP) is 5.33. The molecule has 122 valence electrons. The lowest BCUT2D eigenvalue weighted by molar-refractivity contribution is 0.302. The van der Waals surface area contributed by atoms with E-state index in [4.69, 9.17) is 4.74 Å². The van der Waals surface area contributed by atoms with Crippen LogP contribution in [0.15, 0.2) is 72.8 Å². The van der Waals surface area contributed by atoms with Crippen molar-refractivity contribution in [3.05, 3.63) is 95.3 Å². The molecule has 0 atom stereocenters. The second kappa shape index (κ2) is 7.64. The van der Waals surface area contributed by atoms with Crippen molar-refractivity contribution in [1.29, 1.82) is 0 Å². The molecule has 0 spiro atoms. The van der Waals surface area contributed by atoms with E-state index in [2.05, 4.69) is 24.4 Å². The van der Waals surface area contributed by atoms with Gasteiger partial charge in [0.05, 0.1) is 0 Å². The highest BCUT2D eigenvalue weighted by Gasteiger charge is 2.04. The molecule has 24 heavy (non-hydrogen) atoms. The van der Waals surface area contributed by atoms with E-state index >= 15 is 0 Å². The van der Waals surface area contributed by atoms with Crippen LogP contribution in [0.3, 0.4) is 0 Å². The summed E-state index contributed by atoms with van der Waals surface area (Å²) in [5, 5.41) is 3.41. The number of nitrogens with one attached hydrogen (secondary N) is 1. The molecule has 0 aromatic heterocycles. The molecule has 0 unspecified atom stereocenters. The molecular formula is C21H20FNO. The molecule has 0 fully saturated rings. The van der Waals surface area contributed by atoms with Gasteiger partial charge in [-0.25, -0.2) is 4.39 Å². The van der Waals surface area contributed by atoms with Crippen LogP contribution in [0.1, 0.15) is 16.7 Å². The number of benzene rings is 3. The summed E-state index contributed by atoms with van der Waals surface area (Å²) in [6.07, 6.45) is 0. The summed E-state index contributed by atoms with van der Waals surface area (Å²) in [6.45, 7) is 3.09. The molecule has 3 aromatic carbocycles. The SMILES string of the molecule is Cc1cccc(NCc2ccccc2OCc2cccc(F)c2)c1. The number of halogens is 1. The largest absolute Gasteiger partial charge is 0.489 e. The second-order valence-electron chi connectivity index (χ2n) is 5.75. The van der Waals surface area contributed by atoms with Gasteiger partial charge >= 0.3 is 0 Å². The van der Waals surface area contributed by atoms with Crippen LogP contribution in [-0.4, -0.2) is 0 Å². The molecule has 0 heterocycles. The fourth-order valence-electron chi connectivity index (χ4n) is 2.53. The fourth-order valence-corrected chi connectivity index (χ4v) is 2.53. The Hall–Kier alpha value is -2.81. The Kier molecular flexibility index (Phi) is 5.12. The van der Waals surface area contributed by atoms with Gasteiger partial charge < -0.3 is 10.1 Å². The number of rotatable bonds is 6. The topological polar surface area (TPSA) is 21.3 Å². The third-order valence-electron chi connectivity index (χ3n) is 3.76. The highest BCUT2D eigenvalue weighted by atomic mass is 19.1. The number of aryl methyl sites for hydroxylation is 1. The van der Waals surface area contributed by atoms with Crippen LogP contribution >= 0.6 is 0 Å². The van der Waals surface area contributed by atoms with Gasteiger partial charge in [0.15, 0.2) is 0 Å². The number of para-hydroxylation sites is 1. The first-order chi connectivity index (χ1) is 11.7. The van der Waals surface area contributed by atoms with Crippen molar-refractivity contribution in [2.75, 3.05) is 5.32 Å². The monoisotopic (exact) mass is 321 g/mol. The smallest absolute Gasteiger partial charge is 0.124 e. The first-order valence-electron chi connectivity index (χ1n) is 7.96. The van der Waals surface area contributed by atoms with Crippen LogP contribution in [0, 0.1) is 12.7 Å². The van der Waals surface area contributed by atoms with Crippen LogP contribution < -0.4 is 10.1 Å². The van der Waals surface area contributed by atoms with Gasteiger partial charge in [-0.2, -0.15) is 0 Å². The van der Waals surface area contributed by atoms with Crippen LogP contribution in [-0.2, 0) is 13.2 Å². The Balaban J connectivity index is 1.66. The second-order valence-corrected chi connectivity index (χ2v) is 5.75. The van der Waals surface area contributed by atoms with Crippen LogP contribution in [0.2, 0.25) is 0 Å². The van der Waals surface area contributed by atoms with Crippen molar-refractivity contribution < 1.29 is 9.13 Å². The van der Waals surface area contributed by atoms with E-state index in [0.717, 1.165) is 22.6 Å². The molecule has 1 N–H and O–H groups in total. The first-order valence-corrected chi connectivity index (χ1v) is 7.96. The molecule has 2 nitrogen and oxygen atoms in total. The Morgan fingerprint density at radius 2 is 1.75 bits per heavy atom. The maximum absolute atomic E-state index is 13.2. The van der Waals surface area contributed by atoms with E-state index in [1.54, 1.807) is 6.07 Å². The minimum Gasteiger partial charge on any atom is -0.489 e. The van der Waals surface area contributed by atoms with Gasteiger partial charge in [-0.3, -0.25) is 0 Å². The minimum atomic E-state index is -0.245. The van der Waals surface area contributed by atoms with E-state index in [1.165, 1.54) is 17.7 Å². The van der Waals surface area contributed by atoms with E-state index in [-0.39, 0.29) is 5.82 Å². The van der Waals surface area contributed by atoms with E-state index in [9.17, 15) is 4.39 Å². The standard InChI is InChI=1S/C21H20FNO/c1-16-6-4-10-20(12-16)23-14-18-8-2-3-11-21(18)24-15-17-7-5-9-19(22)13-17/h2-13,23H,14-15H2,1H3. The first kappa shape index (κ1) is 16.1. The maximum Gasteiger partial charge on any atom is 0.124 e. The molecule has 0 aliphatic heterocycles. The summed E-state index contributed by atoms with van der Waals surface area (Å²) < 4.78 is 19.1. The van der Waals surface area contributed by atoms with Crippen molar-refractivity contribution in [1.82, 2.24) is 0 Å². The van der Waals surface area contributed by atoms with Crippen molar-refractivity contribution in [3.63, 3.8) is 0 Å². The zero-order chi connectivity index (χ0) is 16.8. The summed E-state index contributed by atoms with van der Waals surface area (Å²) in [5.41, 5.74) is 4.18. The molecule has 0 saturated carbocycles. The third kappa shape index (κ3) is 4.35. The highest BCUT2D eigenvalue weighted by molar-refractivity contribution is 5.47. The summed E-state index contributed by atoms with van der Waals surface area (Å²) in [7, 11) is 0. The van der Waals surface area contributed by atoms with Gasteiger partial charge in [-0.15, -0.1) is 0 Å². The molecular weight excluding hydrogens is 301 g/mol. The van der Waals surface area contributed by atoms with Crippen LogP contribution in [0.25, 0.3) is 0 Å². The summed E-state index contributed by atoms with van der Waals surface area (Å²) >= 11 is 0. The lowest BCUT2D eigenvalue weighted by Gasteiger charge is -2.13. The molecule has 3 aromatic rings. The van der Waals surface area contributed by atoms with Gasteiger partial charge in [-0.05, 0) is 48.4 Å². The van der Waals surface area contributed by atoms with Crippen molar-refractivity contribution in [3.8, 4) is 5.75 Å². The number of anilines is 1. The fraction of sp³-hybridized carbons (Fsp3) is 0.143. The maximum atomic E-state index is 13.2. The number of ether oxygens (including phenoxy) is 1. The number of hydrogen-bond donors (Lipinski definition) is 1. The lowest BCUT2D eigenvalue weighted by atomic mass is 10.1. The predicted molar refractivity (Wildman–Crippen MR) is 95.7 cm³/mol. The zero-order valence-electron chi connectivity index (χ0n) is 13.6. The summed E-state index contributed by atoms with van der Waals surface area (Å²) in [6, 6.07) is 22.6. The Bertz CT molecular complexity index is 748. The van der Waals surface area contributed by atoms with Crippen molar-refractivity contribution in [2.45, 2.75) is 20.1 Å². The third-order valence-corrected chi connectivity index (χ3v) is 3.76. The quantitative estimate of drug-likeness (QED) is 0.663. The average molecular weight is 321 g/mol. The molecule has 3 heteroatoms. The van der Waals surface area contributed by atoms with Gasteiger partial charge in [0.2, 0.25) is 0 Å². The average Bonchev–Trinajstić information content (AvgIpc) is 2.59. The van der Waals surface area contributed by atoms with E-state index < -0.39 is 0 Å². The molecule has 3 rings (SSSR count). The van der Waals surface area contributed by atoms with Crippen LogP contribution in [0.4, 0.5) is 10.1 Å². The highest BCUT2D eigenvalue weighted by Crippen LogP contribution is 2.21. The molecule has 0 bridgehead atoms. The Labute approximate surface area is 141 Å². The summed E-state index contributed by atoms with van der Waals surface area (Å²) in [5.74, 6) is 0.562. The van der Waals surface area contributed by atoms with Crippen molar-refractivity contribution >= 4 is 5.69 Å². The molecule has 0 radical (unpaired) electrons.